The monoisotopic (exact) mass is 265 g/mol. The van der Waals surface area contributed by atoms with Crippen molar-refractivity contribution in [3.63, 3.8) is 0 Å². The summed E-state index contributed by atoms with van der Waals surface area (Å²) in [7, 11) is 2.49. The van der Waals surface area contributed by atoms with Gasteiger partial charge in [-0.2, -0.15) is 0 Å². The maximum atomic E-state index is 5.63. The van der Waals surface area contributed by atoms with Crippen LogP contribution in [0, 0.1) is 0 Å². The SMILES string of the molecule is CO[Si](CCCNC(C)NC(C)N)(OC)OC. The zero-order valence-corrected chi connectivity index (χ0v) is 12.6. The summed E-state index contributed by atoms with van der Waals surface area (Å²) in [5, 5.41) is 6.49. The van der Waals surface area contributed by atoms with Crippen LogP contribution in [0.1, 0.15) is 20.3 Å². The first-order valence-corrected chi connectivity index (χ1v) is 7.83. The van der Waals surface area contributed by atoms with Gasteiger partial charge in [0, 0.05) is 27.4 Å². The lowest BCUT2D eigenvalue weighted by molar-refractivity contribution is 0.123. The molecule has 104 valence electrons. The Morgan fingerprint density at radius 2 is 1.65 bits per heavy atom. The molecular formula is C10H27N3O3Si. The largest absolute Gasteiger partial charge is 0.500 e. The summed E-state index contributed by atoms with van der Waals surface area (Å²) in [6.07, 6.45) is 1.12. The first kappa shape index (κ1) is 17.0. The van der Waals surface area contributed by atoms with Crippen molar-refractivity contribution >= 4 is 8.80 Å². The van der Waals surface area contributed by atoms with Gasteiger partial charge in [0.1, 0.15) is 0 Å². The van der Waals surface area contributed by atoms with E-state index in [0.717, 1.165) is 19.0 Å². The first-order valence-electron chi connectivity index (χ1n) is 5.90. The van der Waals surface area contributed by atoms with Gasteiger partial charge in [-0.05, 0) is 26.8 Å². The Kier molecular flexibility index (Phi) is 8.97. The molecule has 7 heteroatoms. The average molecular weight is 265 g/mol. The molecule has 6 nitrogen and oxygen atoms in total. The Hall–Kier alpha value is -0.0231. The van der Waals surface area contributed by atoms with Gasteiger partial charge < -0.3 is 24.3 Å². The standard InChI is InChI=1S/C10H27N3O3Si/c1-9(11)13-10(2)12-7-6-8-17(14-3,15-4)16-5/h9-10,12-13H,6-8,11H2,1-5H3. The van der Waals surface area contributed by atoms with Crippen LogP contribution in [0.2, 0.25) is 6.04 Å². The molecule has 0 amide bonds. The van der Waals surface area contributed by atoms with E-state index < -0.39 is 8.80 Å². The zero-order valence-electron chi connectivity index (χ0n) is 11.6. The van der Waals surface area contributed by atoms with E-state index in [4.69, 9.17) is 19.0 Å². The van der Waals surface area contributed by atoms with Gasteiger partial charge in [-0.1, -0.05) is 0 Å². The second-order valence-corrected chi connectivity index (χ2v) is 7.12. The summed E-state index contributed by atoms with van der Waals surface area (Å²) in [4.78, 5) is 0. The Morgan fingerprint density at radius 3 is 2.06 bits per heavy atom. The first-order chi connectivity index (χ1) is 7.99. The van der Waals surface area contributed by atoms with Gasteiger partial charge in [0.15, 0.2) is 0 Å². The average Bonchev–Trinajstić information content (AvgIpc) is 2.29. The summed E-state index contributed by atoms with van der Waals surface area (Å²) >= 11 is 0. The van der Waals surface area contributed by atoms with Crippen molar-refractivity contribution in [1.29, 1.82) is 0 Å². The number of hydrogen-bond donors (Lipinski definition) is 3. The van der Waals surface area contributed by atoms with Crippen LogP contribution in [0.4, 0.5) is 0 Å². The van der Waals surface area contributed by atoms with Crippen molar-refractivity contribution in [3.05, 3.63) is 0 Å². The van der Waals surface area contributed by atoms with Gasteiger partial charge in [-0.15, -0.1) is 0 Å². The molecule has 0 spiro atoms. The van der Waals surface area contributed by atoms with Crippen molar-refractivity contribution in [2.75, 3.05) is 27.9 Å². The van der Waals surface area contributed by atoms with Crippen molar-refractivity contribution in [2.45, 2.75) is 38.6 Å². The molecule has 0 rings (SSSR count). The molecule has 0 saturated carbocycles. The van der Waals surface area contributed by atoms with Crippen LogP contribution in [0.5, 0.6) is 0 Å². The minimum atomic E-state index is -2.41. The number of hydrogen-bond acceptors (Lipinski definition) is 6. The highest BCUT2D eigenvalue weighted by molar-refractivity contribution is 6.60. The molecule has 0 aliphatic heterocycles. The minimum Gasteiger partial charge on any atom is -0.377 e. The van der Waals surface area contributed by atoms with Crippen LogP contribution >= 0.6 is 0 Å². The highest BCUT2D eigenvalue weighted by Crippen LogP contribution is 2.14. The van der Waals surface area contributed by atoms with Gasteiger partial charge in [-0.3, -0.25) is 5.32 Å². The van der Waals surface area contributed by atoms with Crippen LogP contribution in [-0.2, 0) is 13.3 Å². The topological polar surface area (TPSA) is 77.8 Å². The third-order valence-corrected chi connectivity index (χ3v) is 5.39. The molecule has 2 unspecified atom stereocenters. The summed E-state index contributed by atoms with van der Waals surface area (Å²) < 4.78 is 16.0. The van der Waals surface area contributed by atoms with E-state index in [1.54, 1.807) is 21.3 Å². The number of nitrogens with two attached hydrogens (primary N) is 1. The molecule has 0 aromatic carbocycles. The van der Waals surface area contributed by atoms with Gasteiger partial charge in [0.25, 0.3) is 0 Å². The van der Waals surface area contributed by atoms with Gasteiger partial charge >= 0.3 is 8.80 Å². The lowest BCUT2D eigenvalue weighted by Crippen LogP contribution is -2.48. The van der Waals surface area contributed by atoms with Gasteiger partial charge in [0.2, 0.25) is 0 Å². The Balaban J connectivity index is 3.75. The van der Waals surface area contributed by atoms with E-state index in [0.29, 0.717) is 0 Å². The third kappa shape index (κ3) is 7.09. The number of nitrogens with one attached hydrogen (secondary N) is 2. The molecule has 17 heavy (non-hydrogen) atoms. The van der Waals surface area contributed by atoms with E-state index >= 15 is 0 Å². The van der Waals surface area contributed by atoms with Crippen LogP contribution in [0.3, 0.4) is 0 Å². The minimum absolute atomic E-state index is 0.0112. The Bertz CT molecular complexity index is 183. The van der Waals surface area contributed by atoms with Gasteiger partial charge in [0.05, 0.1) is 12.3 Å². The normalized spacial score (nSPS) is 15.9. The van der Waals surface area contributed by atoms with Crippen molar-refractivity contribution in [2.24, 2.45) is 5.73 Å². The fraction of sp³-hybridized carbons (Fsp3) is 1.00. The molecule has 0 saturated heterocycles. The quantitative estimate of drug-likeness (QED) is 0.295. The van der Waals surface area contributed by atoms with E-state index in [-0.39, 0.29) is 12.3 Å². The molecule has 0 heterocycles. The molecule has 0 aliphatic carbocycles. The molecular weight excluding hydrogens is 238 g/mol. The summed E-state index contributed by atoms with van der Waals surface area (Å²) in [5.74, 6) is 0. The lowest BCUT2D eigenvalue weighted by atomic mass is 10.4. The van der Waals surface area contributed by atoms with Crippen LogP contribution in [-0.4, -0.2) is 49.0 Å². The van der Waals surface area contributed by atoms with E-state index in [9.17, 15) is 0 Å². The van der Waals surface area contributed by atoms with E-state index in [1.165, 1.54) is 0 Å². The highest BCUT2D eigenvalue weighted by Gasteiger charge is 2.36. The predicted molar refractivity (Wildman–Crippen MR) is 70.5 cm³/mol. The Morgan fingerprint density at radius 1 is 1.12 bits per heavy atom. The van der Waals surface area contributed by atoms with Crippen molar-refractivity contribution < 1.29 is 13.3 Å². The molecule has 0 fully saturated rings. The molecule has 0 radical (unpaired) electrons. The van der Waals surface area contributed by atoms with Crippen LogP contribution < -0.4 is 16.4 Å². The molecule has 2 atom stereocenters. The highest BCUT2D eigenvalue weighted by atomic mass is 28.4. The fourth-order valence-electron chi connectivity index (χ4n) is 1.63. The second kappa shape index (κ2) is 8.98. The predicted octanol–water partition coefficient (Wildman–Crippen LogP) is 0.0845. The maximum absolute atomic E-state index is 5.63. The van der Waals surface area contributed by atoms with Crippen molar-refractivity contribution in [3.8, 4) is 0 Å². The summed E-state index contributed by atoms with van der Waals surface area (Å²) in [6, 6.07) is 0.800. The second-order valence-electron chi connectivity index (χ2n) is 4.03. The molecule has 4 N–H and O–H groups in total. The third-order valence-electron chi connectivity index (χ3n) is 2.56. The summed E-state index contributed by atoms with van der Waals surface area (Å²) in [5.41, 5.74) is 5.63. The molecule has 0 aromatic rings. The fourth-order valence-corrected chi connectivity index (χ4v) is 3.36. The molecule has 0 aromatic heterocycles. The maximum Gasteiger partial charge on any atom is 0.500 e. The van der Waals surface area contributed by atoms with Crippen LogP contribution in [0.15, 0.2) is 0 Å². The van der Waals surface area contributed by atoms with Gasteiger partial charge in [-0.25, -0.2) is 0 Å². The van der Waals surface area contributed by atoms with E-state index in [1.807, 2.05) is 13.8 Å². The number of rotatable bonds is 10. The zero-order chi connectivity index (χ0) is 13.3. The molecule has 0 bridgehead atoms. The van der Waals surface area contributed by atoms with Crippen molar-refractivity contribution in [1.82, 2.24) is 10.6 Å². The Labute approximate surface area is 106 Å². The smallest absolute Gasteiger partial charge is 0.377 e. The van der Waals surface area contributed by atoms with E-state index in [2.05, 4.69) is 10.6 Å². The summed E-state index contributed by atoms with van der Waals surface area (Å²) in [6.45, 7) is 4.82. The molecule has 0 aliphatic rings. The lowest BCUT2D eigenvalue weighted by Gasteiger charge is -2.25. The van der Waals surface area contributed by atoms with Crippen LogP contribution in [0.25, 0.3) is 0 Å².